The van der Waals surface area contributed by atoms with E-state index in [0.29, 0.717) is 13.2 Å². The Balaban J connectivity index is 0.00000484. The molecule has 0 radical (unpaired) electrons. The van der Waals surface area contributed by atoms with Crippen LogP contribution < -0.4 is 15.4 Å². The molecule has 5 nitrogen and oxygen atoms in total. The molecule has 6 heteroatoms. The Bertz CT molecular complexity index is 469. The molecule has 0 saturated carbocycles. The summed E-state index contributed by atoms with van der Waals surface area (Å²) >= 11 is 0. The third-order valence-electron chi connectivity index (χ3n) is 3.34. The maximum absolute atomic E-state index is 5.42. The normalized spacial score (nSPS) is 13.7. The average Bonchev–Trinajstić information content (AvgIpc) is 2.52. The molecule has 0 fully saturated rings. The summed E-state index contributed by atoms with van der Waals surface area (Å²) in [5.41, 5.74) is 1.18. The van der Waals surface area contributed by atoms with Gasteiger partial charge in [0, 0.05) is 32.2 Å². The minimum atomic E-state index is 0. The second kappa shape index (κ2) is 12.4. The fraction of sp³-hybridized carbons (Fsp3) is 0.588. The van der Waals surface area contributed by atoms with Crippen LogP contribution >= 0.6 is 24.0 Å². The lowest BCUT2D eigenvalue weighted by molar-refractivity contribution is 0.179. The van der Waals surface area contributed by atoms with Crippen LogP contribution in [-0.2, 0) is 4.74 Å². The number of halogens is 1. The zero-order chi connectivity index (χ0) is 16.4. The molecule has 132 valence electrons. The van der Waals surface area contributed by atoms with Gasteiger partial charge in [0.2, 0.25) is 0 Å². The van der Waals surface area contributed by atoms with Gasteiger partial charge in [-0.15, -0.1) is 24.0 Å². The summed E-state index contributed by atoms with van der Waals surface area (Å²) < 4.78 is 10.6. The van der Waals surface area contributed by atoms with Crippen LogP contribution in [0, 0.1) is 0 Å². The predicted octanol–water partition coefficient (Wildman–Crippen LogP) is 3.01. The standard InChI is InChI=1S/C17H29N3O2.HI/c1-6-18-17(20-14(3)12-21-4)19-11-13(2)15-9-7-8-10-16(15)22-5;/h7-10,13-14H,6,11-12H2,1-5H3,(H2,18,19,20);1H. The number of ether oxygens (including phenoxy) is 2. The Hall–Kier alpha value is -1.02. The lowest BCUT2D eigenvalue weighted by Gasteiger charge is -2.18. The smallest absolute Gasteiger partial charge is 0.191 e. The van der Waals surface area contributed by atoms with E-state index in [1.807, 2.05) is 18.2 Å². The van der Waals surface area contributed by atoms with Crippen LogP contribution in [0.4, 0.5) is 0 Å². The van der Waals surface area contributed by atoms with E-state index < -0.39 is 0 Å². The van der Waals surface area contributed by atoms with Crippen LogP contribution in [0.25, 0.3) is 0 Å². The van der Waals surface area contributed by atoms with E-state index in [1.54, 1.807) is 14.2 Å². The Morgan fingerprint density at radius 2 is 1.91 bits per heavy atom. The van der Waals surface area contributed by atoms with Crippen molar-refractivity contribution >= 4 is 29.9 Å². The molecule has 1 aromatic carbocycles. The zero-order valence-corrected chi connectivity index (χ0v) is 17.1. The number of para-hydroxylation sites is 1. The molecular weight excluding hydrogens is 405 g/mol. The summed E-state index contributed by atoms with van der Waals surface area (Å²) in [6.07, 6.45) is 0. The van der Waals surface area contributed by atoms with Crippen LogP contribution in [0.2, 0.25) is 0 Å². The predicted molar refractivity (Wildman–Crippen MR) is 107 cm³/mol. The second-order valence-corrected chi connectivity index (χ2v) is 5.36. The first-order valence-corrected chi connectivity index (χ1v) is 7.79. The van der Waals surface area contributed by atoms with Crippen molar-refractivity contribution in [3.8, 4) is 5.75 Å². The van der Waals surface area contributed by atoms with E-state index >= 15 is 0 Å². The maximum atomic E-state index is 5.42. The molecule has 0 amide bonds. The number of methoxy groups -OCH3 is 2. The van der Waals surface area contributed by atoms with Crippen LogP contribution in [0.1, 0.15) is 32.3 Å². The molecule has 2 unspecified atom stereocenters. The molecule has 1 aromatic rings. The van der Waals surface area contributed by atoms with Gasteiger partial charge in [0.1, 0.15) is 5.75 Å². The van der Waals surface area contributed by atoms with Gasteiger partial charge >= 0.3 is 0 Å². The Morgan fingerprint density at radius 3 is 2.52 bits per heavy atom. The highest BCUT2D eigenvalue weighted by atomic mass is 127. The number of hydrogen-bond acceptors (Lipinski definition) is 3. The van der Waals surface area contributed by atoms with Gasteiger partial charge in [-0.3, -0.25) is 4.99 Å². The summed E-state index contributed by atoms with van der Waals surface area (Å²) in [6, 6.07) is 8.30. The third-order valence-corrected chi connectivity index (χ3v) is 3.34. The number of rotatable bonds is 8. The summed E-state index contributed by atoms with van der Waals surface area (Å²) in [7, 11) is 3.40. The van der Waals surface area contributed by atoms with Crippen LogP contribution in [0.3, 0.4) is 0 Å². The van der Waals surface area contributed by atoms with Crippen LogP contribution in [-0.4, -0.2) is 45.9 Å². The van der Waals surface area contributed by atoms with Crippen molar-refractivity contribution in [1.82, 2.24) is 10.6 Å². The molecule has 0 aliphatic rings. The van der Waals surface area contributed by atoms with Crippen LogP contribution in [0.15, 0.2) is 29.3 Å². The summed E-state index contributed by atoms with van der Waals surface area (Å²) in [6.45, 7) is 8.45. The highest BCUT2D eigenvalue weighted by Gasteiger charge is 2.11. The van der Waals surface area contributed by atoms with Gasteiger partial charge in [-0.1, -0.05) is 25.1 Å². The molecule has 0 aromatic heterocycles. The minimum absolute atomic E-state index is 0. The first-order valence-electron chi connectivity index (χ1n) is 7.79. The van der Waals surface area contributed by atoms with Crippen molar-refractivity contribution in [2.75, 3.05) is 33.9 Å². The number of hydrogen-bond donors (Lipinski definition) is 2. The molecule has 2 atom stereocenters. The zero-order valence-electron chi connectivity index (χ0n) is 14.8. The Labute approximate surface area is 157 Å². The molecule has 1 rings (SSSR count). The quantitative estimate of drug-likeness (QED) is 0.375. The largest absolute Gasteiger partial charge is 0.496 e. The molecular formula is C17H30IN3O2. The molecule has 0 aliphatic heterocycles. The second-order valence-electron chi connectivity index (χ2n) is 5.36. The fourth-order valence-electron chi connectivity index (χ4n) is 2.25. The van der Waals surface area contributed by atoms with E-state index in [-0.39, 0.29) is 35.9 Å². The molecule has 2 N–H and O–H groups in total. The highest BCUT2D eigenvalue weighted by Crippen LogP contribution is 2.26. The number of nitrogens with one attached hydrogen (secondary N) is 2. The summed E-state index contributed by atoms with van der Waals surface area (Å²) in [4.78, 5) is 4.67. The molecule has 23 heavy (non-hydrogen) atoms. The van der Waals surface area contributed by atoms with Crippen molar-refractivity contribution in [3.05, 3.63) is 29.8 Å². The average molecular weight is 435 g/mol. The van der Waals surface area contributed by atoms with Gasteiger partial charge in [-0.2, -0.15) is 0 Å². The molecule has 0 saturated heterocycles. The van der Waals surface area contributed by atoms with Crippen LogP contribution in [0.5, 0.6) is 5.75 Å². The highest BCUT2D eigenvalue weighted by molar-refractivity contribution is 14.0. The summed E-state index contributed by atoms with van der Waals surface area (Å²) in [5.74, 6) is 2.01. The third kappa shape index (κ3) is 7.87. The van der Waals surface area contributed by atoms with E-state index in [0.717, 1.165) is 18.3 Å². The topological polar surface area (TPSA) is 54.9 Å². The minimum Gasteiger partial charge on any atom is -0.496 e. The van der Waals surface area contributed by atoms with E-state index in [1.165, 1.54) is 5.56 Å². The summed E-state index contributed by atoms with van der Waals surface area (Å²) in [5, 5.41) is 6.60. The van der Waals surface area contributed by atoms with E-state index in [4.69, 9.17) is 9.47 Å². The number of benzene rings is 1. The number of guanidine groups is 1. The van der Waals surface area contributed by atoms with Gasteiger partial charge in [-0.05, 0) is 25.5 Å². The van der Waals surface area contributed by atoms with Gasteiger partial charge in [0.05, 0.1) is 13.7 Å². The molecule has 0 spiro atoms. The Morgan fingerprint density at radius 1 is 1.22 bits per heavy atom. The fourth-order valence-corrected chi connectivity index (χ4v) is 2.25. The van der Waals surface area contributed by atoms with Gasteiger partial charge in [0.15, 0.2) is 5.96 Å². The Kier molecular flexibility index (Phi) is 11.9. The lowest BCUT2D eigenvalue weighted by atomic mass is 10.0. The molecule has 0 bridgehead atoms. The van der Waals surface area contributed by atoms with E-state index in [9.17, 15) is 0 Å². The SMILES string of the molecule is CCNC(=NCC(C)c1ccccc1OC)NC(C)COC.I. The molecule has 0 heterocycles. The van der Waals surface area contributed by atoms with Crippen molar-refractivity contribution in [3.63, 3.8) is 0 Å². The van der Waals surface area contributed by atoms with Gasteiger partial charge in [0.25, 0.3) is 0 Å². The van der Waals surface area contributed by atoms with Crippen molar-refractivity contribution in [2.45, 2.75) is 32.7 Å². The lowest BCUT2D eigenvalue weighted by Crippen LogP contribution is -2.44. The van der Waals surface area contributed by atoms with E-state index in [2.05, 4.69) is 42.5 Å². The first kappa shape index (κ1) is 22.0. The van der Waals surface area contributed by atoms with Crippen molar-refractivity contribution in [1.29, 1.82) is 0 Å². The molecule has 0 aliphatic carbocycles. The van der Waals surface area contributed by atoms with Crippen molar-refractivity contribution in [2.24, 2.45) is 4.99 Å². The monoisotopic (exact) mass is 435 g/mol. The number of aliphatic imine (C=N–C) groups is 1. The van der Waals surface area contributed by atoms with Crippen molar-refractivity contribution < 1.29 is 9.47 Å². The van der Waals surface area contributed by atoms with Gasteiger partial charge < -0.3 is 20.1 Å². The van der Waals surface area contributed by atoms with Gasteiger partial charge in [-0.25, -0.2) is 0 Å². The maximum Gasteiger partial charge on any atom is 0.191 e. The first-order chi connectivity index (χ1) is 10.6. The number of nitrogens with zero attached hydrogens (tertiary/aromatic N) is 1.